The summed E-state index contributed by atoms with van der Waals surface area (Å²) in [6.45, 7) is 0. The Bertz CT molecular complexity index is 378. The van der Waals surface area contributed by atoms with Gasteiger partial charge in [0.15, 0.2) is 0 Å². The van der Waals surface area contributed by atoms with Crippen LogP contribution in [0.15, 0.2) is 18.3 Å². The van der Waals surface area contributed by atoms with E-state index in [1.165, 1.54) is 6.20 Å². The van der Waals surface area contributed by atoms with Gasteiger partial charge >= 0.3 is 6.18 Å². The number of aromatic nitrogens is 1. The van der Waals surface area contributed by atoms with Crippen LogP contribution < -0.4 is 11.3 Å². The fourth-order valence-corrected chi connectivity index (χ4v) is 2.21. The number of hydrazine groups is 1. The van der Waals surface area contributed by atoms with E-state index < -0.39 is 18.1 Å². The van der Waals surface area contributed by atoms with Gasteiger partial charge in [0.05, 0.1) is 0 Å². The molecule has 0 bridgehead atoms. The summed E-state index contributed by atoms with van der Waals surface area (Å²) >= 11 is 0. The molecule has 0 saturated carbocycles. The Morgan fingerprint density at radius 3 is 2.88 bits per heavy atom. The first-order valence-corrected chi connectivity index (χ1v) is 5.00. The Morgan fingerprint density at radius 1 is 1.50 bits per heavy atom. The zero-order valence-electron chi connectivity index (χ0n) is 8.46. The Labute approximate surface area is 90.8 Å². The molecule has 2 atom stereocenters. The smallest absolute Gasteiger partial charge is 0.271 e. The van der Waals surface area contributed by atoms with Crippen molar-refractivity contribution in [3.8, 4) is 0 Å². The number of halogens is 3. The highest BCUT2D eigenvalue weighted by Crippen LogP contribution is 2.39. The van der Waals surface area contributed by atoms with E-state index >= 15 is 0 Å². The molecule has 1 aliphatic carbocycles. The molecule has 88 valence electrons. The molecule has 0 fully saturated rings. The average molecular weight is 231 g/mol. The number of pyridine rings is 1. The molecule has 0 amide bonds. The van der Waals surface area contributed by atoms with Crippen molar-refractivity contribution in [2.75, 3.05) is 0 Å². The van der Waals surface area contributed by atoms with Crippen molar-refractivity contribution >= 4 is 0 Å². The first-order chi connectivity index (χ1) is 7.54. The third kappa shape index (κ3) is 1.90. The predicted octanol–water partition coefficient (Wildman–Crippen LogP) is 1.51. The van der Waals surface area contributed by atoms with Crippen LogP contribution in [0.25, 0.3) is 0 Å². The lowest BCUT2D eigenvalue weighted by Crippen LogP contribution is -2.49. The van der Waals surface area contributed by atoms with Gasteiger partial charge in [-0.2, -0.15) is 13.2 Å². The second kappa shape index (κ2) is 4.03. The van der Waals surface area contributed by atoms with E-state index in [0.29, 0.717) is 18.5 Å². The summed E-state index contributed by atoms with van der Waals surface area (Å²) in [6, 6.07) is 1.83. The van der Waals surface area contributed by atoms with E-state index in [0.717, 1.165) is 5.56 Å². The van der Waals surface area contributed by atoms with Crippen molar-refractivity contribution in [2.24, 2.45) is 5.84 Å². The second-order valence-corrected chi connectivity index (χ2v) is 3.88. The molecular formula is C10H12F3N3. The van der Waals surface area contributed by atoms with Crippen molar-refractivity contribution in [3.05, 3.63) is 29.6 Å². The van der Waals surface area contributed by atoms with Crippen molar-refractivity contribution < 1.29 is 13.2 Å². The van der Waals surface area contributed by atoms with E-state index in [2.05, 4.69) is 4.98 Å². The number of rotatable bonds is 2. The second-order valence-electron chi connectivity index (χ2n) is 3.88. The highest BCUT2D eigenvalue weighted by molar-refractivity contribution is 5.30. The van der Waals surface area contributed by atoms with Gasteiger partial charge in [-0.1, -0.05) is 6.07 Å². The maximum absolute atomic E-state index is 12.7. The Balaban J connectivity index is 2.30. The summed E-state index contributed by atoms with van der Waals surface area (Å²) in [6.07, 6.45) is -1.78. The SMILES string of the molecule is NNC(C1CCc2cccnc21)C(F)(F)F. The highest BCUT2D eigenvalue weighted by Gasteiger charge is 2.47. The zero-order valence-corrected chi connectivity index (χ0v) is 8.46. The molecule has 0 aliphatic heterocycles. The normalized spacial score (nSPS) is 21.9. The molecule has 2 rings (SSSR count). The predicted molar refractivity (Wildman–Crippen MR) is 52.5 cm³/mol. The Kier molecular flexibility index (Phi) is 2.86. The van der Waals surface area contributed by atoms with Crippen LogP contribution in [0.5, 0.6) is 0 Å². The molecule has 0 radical (unpaired) electrons. The van der Waals surface area contributed by atoms with Gasteiger partial charge in [-0.05, 0) is 24.5 Å². The molecule has 2 unspecified atom stereocenters. The van der Waals surface area contributed by atoms with Gasteiger partial charge in [0.1, 0.15) is 6.04 Å². The van der Waals surface area contributed by atoms with Gasteiger partial charge in [0, 0.05) is 17.8 Å². The monoisotopic (exact) mass is 231 g/mol. The van der Waals surface area contributed by atoms with Crippen LogP contribution in [-0.2, 0) is 6.42 Å². The first kappa shape index (κ1) is 11.3. The quantitative estimate of drug-likeness (QED) is 0.599. The van der Waals surface area contributed by atoms with Crippen LogP contribution in [0.2, 0.25) is 0 Å². The molecule has 1 heterocycles. The maximum Gasteiger partial charge on any atom is 0.405 e. The van der Waals surface area contributed by atoms with Gasteiger partial charge in [0.25, 0.3) is 0 Å². The molecule has 6 heteroatoms. The standard InChI is InChI=1S/C10H12F3N3/c11-10(12,13)9(16-14)7-4-3-6-2-1-5-15-8(6)7/h1-2,5,7,9,16H,3-4,14H2. The summed E-state index contributed by atoms with van der Waals surface area (Å²) in [4.78, 5) is 4.03. The van der Waals surface area contributed by atoms with Gasteiger partial charge in [-0.3, -0.25) is 10.8 Å². The van der Waals surface area contributed by atoms with Crippen molar-refractivity contribution in [1.82, 2.24) is 10.4 Å². The molecule has 3 nitrogen and oxygen atoms in total. The first-order valence-electron chi connectivity index (χ1n) is 5.00. The lowest BCUT2D eigenvalue weighted by Gasteiger charge is -2.25. The van der Waals surface area contributed by atoms with Crippen LogP contribution in [-0.4, -0.2) is 17.2 Å². The molecule has 0 aromatic carbocycles. The summed E-state index contributed by atoms with van der Waals surface area (Å²) in [5.74, 6) is 4.32. The highest BCUT2D eigenvalue weighted by atomic mass is 19.4. The summed E-state index contributed by atoms with van der Waals surface area (Å²) in [5.41, 5.74) is 3.26. The fraction of sp³-hybridized carbons (Fsp3) is 0.500. The molecule has 1 aromatic heterocycles. The summed E-state index contributed by atoms with van der Waals surface area (Å²) < 4.78 is 38.1. The number of hydrogen-bond donors (Lipinski definition) is 2. The molecule has 3 N–H and O–H groups in total. The molecule has 16 heavy (non-hydrogen) atoms. The zero-order chi connectivity index (χ0) is 11.8. The molecule has 1 aliphatic rings. The lowest BCUT2D eigenvalue weighted by atomic mass is 9.97. The third-order valence-electron chi connectivity index (χ3n) is 2.94. The minimum Gasteiger partial charge on any atom is -0.271 e. The lowest BCUT2D eigenvalue weighted by molar-refractivity contribution is -0.161. The summed E-state index contributed by atoms with van der Waals surface area (Å²) in [7, 11) is 0. The van der Waals surface area contributed by atoms with E-state index in [-0.39, 0.29) is 0 Å². The molecule has 1 aromatic rings. The number of nitrogens with two attached hydrogens (primary N) is 1. The van der Waals surface area contributed by atoms with Crippen molar-refractivity contribution in [3.63, 3.8) is 0 Å². The molecular weight excluding hydrogens is 219 g/mol. The number of alkyl halides is 3. The van der Waals surface area contributed by atoms with Crippen molar-refractivity contribution in [1.29, 1.82) is 0 Å². The number of fused-ring (bicyclic) bond motifs is 1. The van der Waals surface area contributed by atoms with Gasteiger partial charge < -0.3 is 0 Å². The van der Waals surface area contributed by atoms with Crippen LogP contribution in [0.4, 0.5) is 13.2 Å². The van der Waals surface area contributed by atoms with Crippen LogP contribution in [0, 0.1) is 0 Å². The topological polar surface area (TPSA) is 50.9 Å². The van der Waals surface area contributed by atoms with Gasteiger partial charge in [-0.25, -0.2) is 5.43 Å². The van der Waals surface area contributed by atoms with Crippen LogP contribution in [0.1, 0.15) is 23.6 Å². The number of aryl methyl sites for hydroxylation is 1. The van der Waals surface area contributed by atoms with Crippen molar-refractivity contribution in [2.45, 2.75) is 31.0 Å². The average Bonchev–Trinajstić information content (AvgIpc) is 2.61. The summed E-state index contributed by atoms with van der Waals surface area (Å²) in [5, 5.41) is 0. The minimum absolute atomic E-state index is 0.431. The van der Waals surface area contributed by atoms with E-state index in [9.17, 15) is 13.2 Å². The van der Waals surface area contributed by atoms with Crippen LogP contribution >= 0.6 is 0 Å². The van der Waals surface area contributed by atoms with Gasteiger partial charge in [0.2, 0.25) is 0 Å². The van der Waals surface area contributed by atoms with E-state index in [1.54, 1.807) is 6.07 Å². The van der Waals surface area contributed by atoms with E-state index in [4.69, 9.17) is 5.84 Å². The van der Waals surface area contributed by atoms with E-state index in [1.807, 2.05) is 11.5 Å². The number of nitrogens with zero attached hydrogens (tertiary/aromatic N) is 1. The maximum atomic E-state index is 12.7. The molecule has 0 spiro atoms. The van der Waals surface area contributed by atoms with Crippen LogP contribution in [0.3, 0.4) is 0 Å². The largest absolute Gasteiger partial charge is 0.405 e. The minimum atomic E-state index is -4.35. The van der Waals surface area contributed by atoms with Gasteiger partial charge in [-0.15, -0.1) is 0 Å². The number of hydrogen-bond acceptors (Lipinski definition) is 3. The Morgan fingerprint density at radius 2 is 2.25 bits per heavy atom. The fourth-order valence-electron chi connectivity index (χ4n) is 2.21. The third-order valence-corrected chi connectivity index (χ3v) is 2.94. The number of nitrogens with one attached hydrogen (secondary N) is 1. The molecule has 0 saturated heterocycles. The Hall–Kier alpha value is -1.14.